The minimum atomic E-state index is -0.296. The quantitative estimate of drug-likeness (QED) is 0.683. The van der Waals surface area contributed by atoms with Crippen molar-refractivity contribution < 1.29 is 4.79 Å². The fourth-order valence-electron chi connectivity index (χ4n) is 1.20. The molecule has 0 aliphatic carbocycles. The summed E-state index contributed by atoms with van der Waals surface area (Å²) in [5.41, 5.74) is 6.11. The fourth-order valence-corrected chi connectivity index (χ4v) is 1.20. The van der Waals surface area contributed by atoms with Crippen molar-refractivity contribution in [2.24, 2.45) is 11.7 Å². The summed E-state index contributed by atoms with van der Waals surface area (Å²) in [5.74, 6) is -0.0836. The number of likely N-dealkylation sites (N-methyl/N-ethyl adjacent to an activating group) is 1. The van der Waals surface area contributed by atoms with E-state index in [1.807, 2.05) is 32.7 Å². The zero-order valence-electron chi connectivity index (χ0n) is 8.29. The van der Waals surface area contributed by atoms with Gasteiger partial charge in [0.1, 0.15) is 6.04 Å². The molecule has 1 unspecified atom stereocenters. The number of hydrogen-bond donors (Lipinski definition) is 1. The second-order valence-corrected chi connectivity index (χ2v) is 3.44. The van der Waals surface area contributed by atoms with Gasteiger partial charge in [0.2, 0.25) is 5.91 Å². The number of nitrogens with two attached hydrogens (primary N) is 1. The topological polar surface area (TPSA) is 46.3 Å². The highest BCUT2D eigenvalue weighted by molar-refractivity contribution is 5.80. The molecule has 2 N–H and O–H groups in total. The van der Waals surface area contributed by atoms with Crippen molar-refractivity contribution in [3.63, 3.8) is 0 Å². The molecule has 0 aromatic carbocycles. The van der Waals surface area contributed by atoms with Crippen LogP contribution in [0.1, 0.15) is 20.8 Å². The van der Waals surface area contributed by atoms with Crippen LogP contribution >= 0.6 is 0 Å². The Morgan fingerprint density at radius 1 is 1.50 bits per heavy atom. The number of amides is 1. The third-order valence-electron chi connectivity index (χ3n) is 1.94. The minimum Gasteiger partial charge on any atom is -0.368 e. The van der Waals surface area contributed by atoms with Crippen LogP contribution in [0.15, 0.2) is 12.3 Å². The molecule has 0 aliphatic rings. The largest absolute Gasteiger partial charge is 0.368 e. The van der Waals surface area contributed by atoms with Crippen LogP contribution in [0.3, 0.4) is 0 Å². The van der Waals surface area contributed by atoms with E-state index in [4.69, 9.17) is 5.73 Å². The Bertz CT molecular complexity index is 187. The molecule has 0 fully saturated rings. The zero-order valence-corrected chi connectivity index (χ0v) is 8.29. The monoisotopic (exact) mass is 170 g/mol. The molecule has 1 amide bonds. The maximum absolute atomic E-state index is 11.0. The Labute approximate surface area is 74.2 Å². The molecule has 0 aromatic rings. The van der Waals surface area contributed by atoms with E-state index in [1.54, 1.807) is 0 Å². The Morgan fingerprint density at radius 2 is 1.92 bits per heavy atom. The SMILES string of the molecule is C=C(C)N(C)C(C(N)=O)C(C)C. The van der Waals surface area contributed by atoms with Crippen molar-refractivity contribution >= 4 is 5.91 Å². The average Bonchev–Trinajstić information content (AvgIpc) is 1.85. The first-order chi connectivity index (χ1) is 5.37. The van der Waals surface area contributed by atoms with E-state index in [9.17, 15) is 4.79 Å². The molecule has 1 atom stereocenters. The van der Waals surface area contributed by atoms with Gasteiger partial charge in [-0.2, -0.15) is 0 Å². The lowest BCUT2D eigenvalue weighted by molar-refractivity contribution is -0.123. The highest BCUT2D eigenvalue weighted by Crippen LogP contribution is 2.12. The highest BCUT2D eigenvalue weighted by Gasteiger charge is 2.23. The molecule has 12 heavy (non-hydrogen) atoms. The Balaban J connectivity index is 4.51. The third kappa shape index (κ3) is 2.57. The van der Waals surface area contributed by atoms with Crippen LogP contribution < -0.4 is 5.73 Å². The van der Waals surface area contributed by atoms with Crippen LogP contribution in [0.4, 0.5) is 0 Å². The van der Waals surface area contributed by atoms with Crippen LogP contribution in [0.5, 0.6) is 0 Å². The van der Waals surface area contributed by atoms with Gasteiger partial charge in [-0.25, -0.2) is 0 Å². The molecule has 0 bridgehead atoms. The van der Waals surface area contributed by atoms with Gasteiger partial charge in [-0.15, -0.1) is 0 Å². The van der Waals surface area contributed by atoms with E-state index in [0.717, 1.165) is 5.70 Å². The van der Waals surface area contributed by atoms with Crippen LogP contribution in [0.25, 0.3) is 0 Å². The summed E-state index contributed by atoms with van der Waals surface area (Å²) in [6.45, 7) is 9.55. The second kappa shape index (κ2) is 4.14. The predicted molar refractivity (Wildman–Crippen MR) is 50.4 cm³/mol. The summed E-state index contributed by atoms with van der Waals surface area (Å²) in [5, 5.41) is 0. The molecule has 0 rings (SSSR count). The van der Waals surface area contributed by atoms with Gasteiger partial charge in [-0.3, -0.25) is 4.79 Å². The summed E-state index contributed by atoms with van der Waals surface area (Å²) >= 11 is 0. The van der Waals surface area contributed by atoms with Crippen molar-refractivity contribution in [1.82, 2.24) is 4.90 Å². The summed E-state index contributed by atoms with van der Waals surface area (Å²) in [6.07, 6.45) is 0. The van der Waals surface area contributed by atoms with Gasteiger partial charge in [-0.05, 0) is 12.8 Å². The van der Waals surface area contributed by atoms with E-state index in [0.29, 0.717) is 0 Å². The van der Waals surface area contributed by atoms with E-state index in [1.165, 1.54) is 0 Å². The summed E-state index contributed by atoms with van der Waals surface area (Å²) < 4.78 is 0. The van der Waals surface area contributed by atoms with Crippen LogP contribution in [0, 0.1) is 5.92 Å². The zero-order chi connectivity index (χ0) is 9.89. The number of hydrogen-bond acceptors (Lipinski definition) is 2. The van der Waals surface area contributed by atoms with Gasteiger partial charge in [-0.1, -0.05) is 20.4 Å². The number of nitrogens with zero attached hydrogens (tertiary/aromatic N) is 1. The number of carbonyl (C=O) groups is 1. The molecule has 0 saturated heterocycles. The maximum atomic E-state index is 11.0. The molecule has 3 nitrogen and oxygen atoms in total. The van der Waals surface area contributed by atoms with Crippen molar-refractivity contribution in [2.75, 3.05) is 7.05 Å². The average molecular weight is 170 g/mol. The number of carbonyl (C=O) groups excluding carboxylic acids is 1. The van der Waals surface area contributed by atoms with Gasteiger partial charge in [0.15, 0.2) is 0 Å². The first-order valence-electron chi connectivity index (χ1n) is 4.05. The highest BCUT2D eigenvalue weighted by atomic mass is 16.1. The van der Waals surface area contributed by atoms with Gasteiger partial charge in [0, 0.05) is 12.7 Å². The molecule has 0 radical (unpaired) electrons. The van der Waals surface area contributed by atoms with Crippen molar-refractivity contribution in [1.29, 1.82) is 0 Å². The Kier molecular flexibility index (Phi) is 3.80. The molecule has 0 aliphatic heterocycles. The van der Waals surface area contributed by atoms with Crippen LogP contribution in [-0.2, 0) is 4.79 Å². The molecule has 3 heteroatoms. The van der Waals surface area contributed by atoms with Gasteiger partial charge in [0.25, 0.3) is 0 Å². The van der Waals surface area contributed by atoms with Gasteiger partial charge in [0.05, 0.1) is 0 Å². The summed E-state index contributed by atoms with van der Waals surface area (Å²) in [4.78, 5) is 12.8. The molecular weight excluding hydrogens is 152 g/mol. The number of rotatable bonds is 4. The van der Waals surface area contributed by atoms with E-state index < -0.39 is 0 Å². The predicted octanol–water partition coefficient (Wildman–Crippen LogP) is 0.962. The van der Waals surface area contributed by atoms with Gasteiger partial charge < -0.3 is 10.6 Å². The Hall–Kier alpha value is -0.990. The van der Waals surface area contributed by atoms with E-state index in [-0.39, 0.29) is 17.9 Å². The first-order valence-corrected chi connectivity index (χ1v) is 4.05. The smallest absolute Gasteiger partial charge is 0.240 e. The summed E-state index contributed by atoms with van der Waals surface area (Å²) in [7, 11) is 1.83. The normalized spacial score (nSPS) is 12.8. The van der Waals surface area contributed by atoms with Crippen molar-refractivity contribution in [3.8, 4) is 0 Å². The van der Waals surface area contributed by atoms with Crippen molar-refractivity contribution in [3.05, 3.63) is 12.3 Å². The maximum Gasteiger partial charge on any atom is 0.240 e. The van der Waals surface area contributed by atoms with Crippen LogP contribution in [0.2, 0.25) is 0 Å². The number of allylic oxidation sites excluding steroid dienone is 1. The lowest BCUT2D eigenvalue weighted by Crippen LogP contribution is -2.44. The van der Waals surface area contributed by atoms with Crippen molar-refractivity contribution in [2.45, 2.75) is 26.8 Å². The molecule has 0 saturated carbocycles. The van der Waals surface area contributed by atoms with Crippen LogP contribution in [-0.4, -0.2) is 23.9 Å². The van der Waals surface area contributed by atoms with E-state index in [2.05, 4.69) is 6.58 Å². The standard InChI is InChI=1S/C9H18N2O/c1-6(2)8(9(10)12)11(5)7(3)4/h6,8H,3H2,1-2,4-5H3,(H2,10,12). The Morgan fingerprint density at radius 3 is 2.00 bits per heavy atom. The lowest BCUT2D eigenvalue weighted by atomic mass is 10.0. The fraction of sp³-hybridized carbons (Fsp3) is 0.667. The second-order valence-electron chi connectivity index (χ2n) is 3.44. The minimum absolute atomic E-state index is 0.212. The molecule has 0 aromatic heterocycles. The third-order valence-corrected chi connectivity index (χ3v) is 1.94. The molecule has 0 heterocycles. The summed E-state index contributed by atoms with van der Waals surface area (Å²) in [6, 6.07) is -0.248. The van der Waals surface area contributed by atoms with Gasteiger partial charge >= 0.3 is 0 Å². The lowest BCUT2D eigenvalue weighted by Gasteiger charge is -2.30. The molecular formula is C9H18N2O. The number of primary amides is 1. The molecule has 0 spiro atoms. The van der Waals surface area contributed by atoms with E-state index >= 15 is 0 Å². The molecule has 70 valence electrons. The first kappa shape index (κ1) is 11.0.